The van der Waals surface area contributed by atoms with Gasteiger partial charge < -0.3 is 10.6 Å². The van der Waals surface area contributed by atoms with Crippen LogP contribution in [-0.4, -0.2) is 5.91 Å². The summed E-state index contributed by atoms with van der Waals surface area (Å²) in [6.07, 6.45) is 0. The molecular formula is C14H9Br3N2O. The number of amides is 1. The summed E-state index contributed by atoms with van der Waals surface area (Å²) in [5.74, 6) is -0.0482. The number of rotatable bonds is 2. The molecule has 0 aliphatic carbocycles. The first kappa shape index (κ1) is 14.1. The number of hydrogen-bond donors (Lipinski definition) is 2. The molecule has 2 N–H and O–H groups in total. The molecule has 0 saturated heterocycles. The van der Waals surface area contributed by atoms with E-state index in [4.69, 9.17) is 0 Å². The third kappa shape index (κ3) is 2.64. The SMILES string of the molecule is O=C1Nc2ccc(Br)cc2C1Nc1ccc(Br)cc1Br. The average molecular weight is 461 g/mol. The summed E-state index contributed by atoms with van der Waals surface area (Å²) in [5.41, 5.74) is 2.67. The molecule has 1 atom stereocenters. The summed E-state index contributed by atoms with van der Waals surface area (Å²) >= 11 is 10.3. The number of halogens is 3. The molecule has 2 aromatic rings. The first-order valence-corrected chi connectivity index (χ1v) is 8.24. The Balaban J connectivity index is 1.95. The molecule has 3 nitrogen and oxygen atoms in total. The van der Waals surface area contributed by atoms with Crippen LogP contribution in [0.5, 0.6) is 0 Å². The first-order valence-electron chi connectivity index (χ1n) is 5.86. The normalized spacial score (nSPS) is 16.8. The predicted molar refractivity (Wildman–Crippen MR) is 91.0 cm³/mol. The van der Waals surface area contributed by atoms with Gasteiger partial charge in [0, 0.05) is 30.4 Å². The number of fused-ring (bicyclic) bond motifs is 1. The van der Waals surface area contributed by atoms with E-state index in [2.05, 4.69) is 58.4 Å². The van der Waals surface area contributed by atoms with E-state index >= 15 is 0 Å². The fourth-order valence-electron chi connectivity index (χ4n) is 2.14. The van der Waals surface area contributed by atoms with E-state index in [1.165, 1.54) is 0 Å². The van der Waals surface area contributed by atoms with Crippen LogP contribution in [0.3, 0.4) is 0 Å². The number of carbonyl (C=O) groups is 1. The molecule has 0 saturated carbocycles. The lowest BCUT2D eigenvalue weighted by Crippen LogP contribution is -2.19. The van der Waals surface area contributed by atoms with E-state index in [9.17, 15) is 4.79 Å². The maximum Gasteiger partial charge on any atom is 0.251 e. The molecule has 0 aromatic heterocycles. The third-order valence-corrected chi connectivity index (χ3v) is 4.72. The molecule has 1 aliphatic heterocycles. The zero-order chi connectivity index (χ0) is 14.3. The zero-order valence-electron chi connectivity index (χ0n) is 10.1. The maximum absolute atomic E-state index is 12.1. The number of carbonyl (C=O) groups excluding carboxylic acids is 1. The van der Waals surface area contributed by atoms with E-state index in [0.717, 1.165) is 30.4 Å². The molecule has 1 aliphatic rings. The van der Waals surface area contributed by atoms with Crippen molar-refractivity contribution in [1.82, 2.24) is 0 Å². The number of anilines is 2. The summed E-state index contributed by atoms with van der Waals surface area (Å²) in [5, 5.41) is 6.15. The highest BCUT2D eigenvalue weighted by Crippen LogP contribution is 2.37. The Morgan fingerprint density at radius 1 is 1.00 bits per heavy atom. The molecule has 3 rings (SSSR count). The molecule has 2 aromatic carbocycles. The molecule has 0 bridgehead atoms. The zero-order valence-corrected chi connectivity index (χ0v) is 14.8. The van der Waals surface area contributed by atoms with Crippen molar-refractivity contribution in [2.45, 2.75) is 6.04 Å². The second-order valence-electron chi connectivity index (χ2n) is 4.42. The second kappa shape index (κ2) is 5.50. The van der Waals surface area contributed by atoms with Gasteiger partial charge in [0.05, 0.1) is 0 Å². The van der Waals surface area contributed by atoms with Gasteiger partial charge in [-0.2, -0.15) is 0 Å². The van der Waals surface area contributed by atoms with Gasteiger partial charge in [0.25, 0.3) is 5.91 Å². The third-order valence-electron chi connectivity index (χ3n) is 3.08. The van der Waals surface area contributed by atoms with Crippen LogP contribution in [0, 0.1) is 0 Å². The summed E-state index contributed by atoms with van der Waals surface area (Å²) in [7, 11) is 0. The van der Waals surface area contributed by atoms with Crippen LogP contribution in [-0.2, 0) is 4.79 Å². The highest BCUT2D eigenvalue weighted by Gasteiger charge is 2.30. The molecule has 1 unspecified atom stereocenters. The van der Waals surface area contributed by atoms with Crippen LogP contribution in [0.1, 0.15) is 11.6 Å². The van der Waals surface area contributed by atoms with Crippen LogP contribution in [0.4, 0.5) is 11.4 Å². The summed E-state index contributed by atoms with van der Waals surface area (Å²) in [4.78, 5) is 12.1. The smallest absolute Gasteiger partial charge is 0.251 e. The predicted octanol–water partition coefficient (Wildman–Crippen LogP) is 5.08. The van der Waals surface area contributed by atoms with Crippen molar-refractivity contribution in [3.63, 3.8) is 0 Å². The minimum absolute atomic E-state index is 0.0482. The number of nitrogens with one attached hydrogen (secondary N) is 2. The van der Waals surface area contributed by atoms with Gasteiger partial charge in [-0.05, 0) is 52.3 Å². The number of hydrogen-bond acceptors (Lipinski definition) is 2. The van der Waals surface area contributed by atoms with Gasteiger partial charge in [0.2, 0.25) is 0 Å². The van der Waals surface area contributed by atoms with Gasteiger partial charge in [-0.3, -0.25) is 4.79 Å². The fraction of sp³-hybridized carbons (Fsp3) is 0.0714. The Morgan fingerprint density at radius 3 is 2.45 bits per heavy atom. The van der Waals surface area contributed by atoms with Gasteiger partial charge >= 0.3 is 0 Å². The maximum atomic E-state index is 12.1. The molecule has 0 spiro atoms. The van der Waals surface area contributed by atoms with Crippen LogP contribution in [0.2, 0.25) is 0 Å². The lowest BCUT2D eigenvalue weighted by Gasteiger charge is -2.15. The summed E-state index contributed by atoms with van der Waals surface area (Å²) < 4.78 is 2.84. The Labute approximate surface area is 141 Å². The Hall–Kier alpha value is -0.850. The van der Waals surface area contributed by atoms with E-state index in [1.54, 1.807) is 0 Å². The second-order valence-corrected chi connectivity index (χ2v) is 7.11. The van der Waals surface area contributed by atoms with Crippen LogP contribution >= 0.6 is 47.8 Å². The van der Waals surface area contributed by atoms with Crippen molar-refractivity contribution in [3.8, 4) is 0 Å². The number of benzene rings is 2. The highest BCUT2D eigenvalue weighted by atomic mass is 79.9. The minimum atomic E-state index is -0.389. The van der Waals surface area contributed by atoms with Gasteiger partial charge in [0.15, 0.2) is 0 Å². The molecule has 0 radical (unpaired) electrons. The van der Waals surface area contributed by atoms with Crippen LogP contribution < -0.4 is 10.6 Å². The van der Waals surface area contributed by atoms with E-state index in [-0.39, 0.29) is 11.9 Å². The Kier molecular flexibility index (Phi) is 3.88. The quantitative estimate of drug-likeness (QED) is 0.656. The van der Waals surface area contributed by atoms with Gasteiger partial charge in [-0.15, -0.1) is 0 Å². The molecule has 20 heavy (non-hydrogen) atoms. The van der Waals surface area contributed by atoms with Crippen molar-refractivity contribution in [3.05, 3.63) is 55.4 Å². The summed E-state index contributed by atoms with van der Waals surface area (Å²) in [6.45, 7) is 0. The van der Waals surface area contributed by atoms with Crippen LogP contribution in [0.15, 0.2) is 49.8 Å². The molecule has 6 heteroatoms. The lowest BCUT2D eigenvalue weighted by molar-refractivity contribution is -0.116. The highest BCUT2D eigenvalue weighted by molar-refractivity contribution is 9.11. The average Bonchev–Trinajstić information content (AvgIpc) is 2.69. The first-order chi connectivity index (χ1) is 9.54. The monoisotopic (exact) mass is 458 g/mol. The topological polar surface area (TPSA) is 41.1 Å². The molecular weight excluding hydrogens is 452 g/mol. The lowest BCUT2D eigenvalue weighted by atomic mass is 10.1. The van der Waals surface area contributed by atoms with E-state index in [1.807, 2.05) is 36.4 Å². The Morgan fingerprint density at radius 2 is 1.70 bits per heavy atom. The molecule has 102 valence electrons. The van der Waals surface area contributed by atoms with E-state index in [0.29, 0.717) is 0 Å². The molecule has 0 fully saturated rings. The minimum Gasteiger partial charge on any atom is -0.369 e. The van der Waals surface area contributed by atoms with Gasteiger partial charge in [-0.25, -0.2) is 0 Å². The Bertz CT molecular complexity index is 703. The van der Waals surface area contributed by atoms with E-state index < -0.39 is 0 Å². The van der Waals surface area contributed by atoms with Crippen molar-refractivity contribution in [2.24, 2.45) is 0 Å². The van der Waals surface area contributed by atoms with Crippen molar-refractivity contribution < 1.29 is 4.79 Å². The van der Waals surface area contributed by atoms with Crippen molar-refractivity contribution in [1.29, 1.82) is 0 Å². The standard InChI is InChI=1S/C14H9Br3N2O/c15-7-1-3-11-9(5-7)13(14(20)19-11)18-12-4-2-8(16)6-10(12)17/h1-6,13,18H,(H,19,20). The van der Waals surface area contributed by atoms with Gasteiger partial charge in [0.1, 0.15) is 6.04 Å². The summed E-state index contributed by atoms with van der Waals surface area (Å²) in [6, 6.07) is 11.2. The largest absolute Gasteiger partial charge is 0.369 e. The van der Waals surface area contributed by atoms with Crippen molar-refractivity contribution >= 4 is 65.1 Å². The molecule has 1 heterocycles. The fourth-order valence-corrected chi connectivity index (χ4v) is 3.68. The van der Waals surface area contributed by atoms with Crippen molar-refractivity contribution in [2.75, 3.05) is 10.6 Å². The molecule has 1 amide bonds. The van der Waals surface area contributed by atoms with Gasteiger partial charge in [-0.1, -0.05) is 31.9 Å². The van der Waals surface area contributed by atoms with Crippen LogP contribution in [0.25, 0.3) is 0 Å².